The summed E-state index contributed by atoms with van der Waals surface area (Å²) in [6.45, 7) is 0. The minimum absolute atomic E-state index is 0.00136. The minimum Gasteiger partial charge on any atom is -0.508 e. The maximum absolute atomic E-state index is 12.6. The summed E-state index contributed by atoms with van der Waals surface area (Å²) in [5.41, 5.74) is 2.38. The third-order valence-corrected chi connectivity index (χ3v) is 5.99. The molecule has 3 aromatic carbocycles. The summed E-state index contributed by atoms with van der Waals surface area (Å²) < 4.78 is 27.4. The number of hydrogen-bond donors (Lipinski definition) is 3. The first-order chi connectivity index (χ1) is 13.8. The fraction of sp³-hybridized carbons (Fsp3) is 0.136. The Morgan fingerprint density at radius 1 is 0.897 bits per heavy atom. The largest absolute Gasteiger partial charge is 0.508 e. The van der Waals surface area contributed by atoms with Crippen molar-refractivity contribution in [2.45, 2.75) is 23.8 Å². The van der Waals surface area contributed by atoms with Gasteiger partial charge in [-0.1, -0.05) is 54.6 Å². The fourth-order valence-corrected chi connectivity index (χ4v) is 4.26. The summed E-state index contributed by atoms with van der Waals surface area (Å²) in [5.74, 6) is -1.21. The van der Waals surface area contributed by atoms with E-state index in [9.17, 15) is 23.4 Å². The topological polar surface area (TPSA) is 104 Å². The van der Waals surface area contributed by atoms with Crippen LogP contribution in [0.25, 0.3) is 0 Å². The molecule has 7 heteroatoms. The Balaban J connectivity index is 1.87. The molecular weight excluding hydrogens is 390 g/mol. The second kappa shape index (κ2) is 8.89. The standard InChI is InChI=1S/C22H21NO5S/c24-19-12-11-17(18(14-19)13-16-7-3-1-4-8-16)15-21(22(25)26)23-29(27,28)20-9-5-2-6-10-20/h1-12,14,21,23-24H,13,15H2,(H,25,26)/t21-/m0/s1. The number of hydrogen-bond acceptors (Lipinski definition) is 4. The SMILES string of the molecule is O=C(O)[C@H](Cc1ccc(O)cc1Cc1ccccc1)NS(=O)(=O)c1ccccc1. The number of phenols is 1. The zero-order valence-corrected chi connectivity index (χ0v) is 16.3. The molecule has 1 atom stereocenters. The molecule has 0 radical (unpaired) electrons. The number of aromatic hydroxyl groups is 1. The number of phenolic OH excluding ortho intramolecular Hbond substituents is 1. The third kappa shape index (κ3) is 5.43. The summed E-state index contributed by atoms with van der Waals surface area (Å²) >= 11 is 0. The highest BCUT2D eigenvalue weighted by Crippen LogP contribution is 2.22. The minimum atomic E-state index is -3.98. The number of carboxylic acid groups (broad SMARTS) is 1. The number of rotatable bonds is 8. The predicted molar refractivity (Wildman–Crippen MR) is 109 cm³/mol. The van der Waals surface area contributed by atoms with Crippen LogP contribution in [0.4, 0.5) is 0 Å². The molecule has 0 saturated heterocycles. The molecule has 150 valence electrons. The normalized spacial score (nSPS) is 12.4. The third-order valence-electron chi connectivity index (χ3n) is 4.50. The Morgan fingerprint density at radius 2 is 1.52 bits per heavy atom. The zero-order chi connectivity index (χ0) is 20.9. The van der Waals surface area contributed by atoms with Crippen LogP contribution in [-0.4, -0.2) is 30.6 Å². The predicted octanol–water partition coefficient (Wildman–Crippen LogP) is 2.96. The second-order valence-electron chi connectivity index (χ2n) is 6.64. The van der Waals surface area contributed by atoms with Crippen molar-refractivity contribution in [2.24, 2.45) is 0 Å². The molecule has 0 aromatic heterocycles. The Labute approximate surface area is 169 Å². The Bertz CT molecular complexity index is 1080. The Hall–Kier alpha value is -3.16. The van der Waals surface area contributed by atoms with Gasteiger partial charge in [0.2, 0.25) is 10.0 Å². The molecule has 0 bridgehead atoms. The van der Waals surface area contributed by atoms with E-state index in [0.717, 1.165) is 11.1 Å². The molecule has 0 saturated carbocycles. The molecule has 0 amide bonds. The van der Waals surface area contributed by atoms with E-state index in [4.69, 9.17) is 0 Å². The van der Waals surface area contributed by atoms with Crippen molar-refractivity contribution in [2.75, 3.05) is 0 Å². The van der Waals surface area contributed by atoms with Crippen LogP contribution in [0.2, 0.25) is 0 Å². The van der Waals surface area contributed by atoms with Gasteiger partial charge in [0.15, 0.2) is 0 Å². The van der Waals surface area contributed by atoms with Crippen LogP contribution in [0, 0.1) is 0 Å². The van der Waals surface area contributed by atoms with Crippen molar-refractivity contribution in [3.63, 3.8) is 0 Å². The van der Waals surface area contributed by atoms with Gasteiger partial charge in [-0.15, -0.1) is 0 Å². The molecule has 6 nitrogen and oxygen atoms in total. The van der Waals surface area contributed by atoms with Crippen molar-refractivity contribution in [3.8, 4) is 5.75 Å². The van der Waals surface area contributed by atoms with E-state index in [-0.39, 0.29) is 17.1 Å². The molecule has 3 N–H and O–H groups in total. The van der Waals surface area contributed by atoms with Crippen molar-refractivity contribution in [1.82, 2.24) is 4.72 Å². The number of aliphatic carboxylic acids is 1. The van der Waals surface area contributed by atoms with Crippen LogP contribution in [0.15, 0.2) is 83.8 Å². The van der Waals surface area contributed by atoms with Gasteiger partial charge in [-0.05, 0) is 53.8 Å². The van der Waals surface area contributed by atoms with Gasteiger partial charge in [-0.3, -0.25) is 4.79 Å². The average Bonchev–Trinajstić information content (AvgIpc) is 2.70. The molecular formula is C22H21NO5S. The van der Waals surface area contributed by atoms with Gasteiger partial charge >= 0.3 is 5.97 Å². The smallest absolute Gasteiger partial charge is 0.322 e. The molecule has 0 aliphatic rings. The summed E-state index contributed by atoms with van der Waals surface area (Å²) in [6, 6.07) is 20.5. The van der Waals surface area contributed by atoms with Gasteiger partial charge in [-0.2, -0.15) is 4.72 Å². The Kier molecular flexibility index (Phi) is 6.31. The van der Waals surface area contributed by atoms with Crippen LogP contribution in [-0.2, 0) is 27.7 Å². The summed E-state index contributed by atoms with van der Waals surface area (Å²) in [6.07, 6.45) is 0.437. The second-order valence-corrected chi connectivity index (χ2v) is 8.36. The molecule has 3 rings (SSSR count). The lowest BCUT2D eigenvalue weighted by Crippen LogP contribution is -2.42. The van der Waals surface area contributed by atoms with Gasteiger partial charge in [0.05, 0.1) is 4.90 Å². The highest BCUT2D eigenvalue weighted by atomic mass is 32.2. The quantitative estimate of drug-likeness (QED) is 0.529. The lowest BCUT2D eigenvalue weighted by atomic mass is 9.95. The number of carbonyl (C=O) groups is 1. The van der Waals surface area contributed by atoms with Crippen LogP contribution in [0.3, 0.4) is 0 Å². The maximum atomic E-state index is 12.6. The van der Waals surface area contributed by atoms with E-state index in [1.54, 1.807) is 30.3 Å². The van der Waals surface area contributed by atoms with Crippen LogP contribution >= 0.6 is 0 Å². The molecule has 3 aromatic rings. The Morgan fingerprint density at radius 3 is 2.14 bits per heavy atom. The van der Waals surface area contributed by atoms with E-state index in [0.29, 0.717) is 12.0 Å². The summed E-state index contributed by atoms with van der Waals surface area (Å²) in [5, 5.41) is 19.5. The van der Waals surface area contributed by atoms with Crippen molar-refractivity contribution >= 4 is 16.0 Å². The average molecular weight is 411 g/mol. The van der Waals surface area contributed by atoms with Crippen molar-refractivity contribution < 1.29 is 23.4 Å². The van der Waals surface area contributed by atoms with E-state index in [2.05, 4.69) is 4.72 Å². The van der Waals surface area contributed by atoms with E-state index in [1.807, 2.05) is 30.3 Å². The van der Waals surface area contributed by atoms with Crippen LogP contribution < -0.4 is 4.72 Å². The van der Waals surface area contributed by atoms with Gasteiger partial charge in [-0.25, -0.2) is 8.42 Å². The van der Waals surface area contributed by atoms with E-state index < -0.39 is 22.0 Å². The molecule has 0 heterocycles. The van der Waals surface area contributed by atoms with Gasteiger partial charge in [0, 0.05) is 0 Å². The molecule has 0 spiro atoms. The van der Waals surface area contributed by atoms with Crippen molar-refractivity contribution in [3.05, 3.63) is 95.6 Å². The summed E-state index contributed by atoms with van der Waals surface area (Å²) in [4.78, 5) is 11.8. The van der Waals surface area contributed by atoms with Gasteiger partial charge in [0.1, 0.15) is 11.8 Å². The molecule has 0 aliphatic carbocycles. The monoisotopic (exact) mass is 411 g/mol. The lowest BCUT2D eigenvalue weighted by molar-refractivity contribution is -0.138. The number of sulfonamides is 1. The first kappa shape index (κ1) is 20.6. The number of benzene rings is 3. The van der Waals surface area contributed by atoms with E-state index in [1.165, 1.54) is 18.2 Å². The van der Waals surface area contributed by atoms with Crippen molar-refractivity contribution in [1.29, 1.82) is 0 Å². The molecule has 0 fully saturated rings. The summed E-state index contributed by atoms with van der Waals surface area (Å²) in [7, 11) is -3.98. The van der Waals surface area contributed by atoms with Gasteiger partial charge in [0.25, 0.3) is 0 Å². The number of carboxylic acids is 1. The maximum Gasteiger partial charge on any atom is 0.322 e. The first-order valence-corrected chi connectivity index (χ1v) is 10.5. The van der Waals surface area contributed by atoms with Crippen LogP contribution in [0.1, 0.15) is 16.7 Å². The highest BCUT2D eigenvalue weighted by molar-refractivity contribution is 7.89. The molecule has 29 heavy (non-hydrogen) atoms. The lowest BCUT2D eigenvalue weighted by Gasteiger charge is -2.17. The fourth-order valence-electron chi connectivity index (χ4n) is 3.05. The van der Waals surface area contributed by atoms with Gasteiger partial charge < -0.3 is 10.2 Å². The highest BCUT2D eigenvalue weighted by Gasteiger charge is 2.26. The zero-order valence-electron chi connectivity index (χ0n) is 15.5. The molecule has 0 aliphatic heterocycles. The first-order valence-electron chi connectivity index (χ1n) is 9.00. The number of nitrogens with one attached hydrogen (secondary N) is 1. The molecule has 0 unspecified atom stereocenters. The van der Waals surface area contributed by atoms with E-state index >= 15 is 0 Å². The van der Waals surface area contributed by atoms with Crippen LogP contribution in [0.5, 0.6) is 5.75 Å².